The zero-order chi connectivity index (χ0) is 16.5. The minimum absolute atomic E-state index is 0.567. The van der Waals surface area contributed by atoms with E-state index in [1.807, 2.05) is 6.07 Å². The van der Waals surface area contributed by atoms with Crippen LogP contribution >= 0.6 is 22.9 Å². The van der Waals surface area contributed by atoms with Gasteiger partial charge in [-0.1, -0.05) is 11.6 Å². The van der Waals surface area contributed by atoms with Crippen LogP contribution in [0.5, 0.6) is 0 Å². The van der Waals surface area contributed by atoms with E-state index in [0.717, 1.165) is 29.1 Å². The number of H-pyrrole nitrogens is 1. The third-order valence-corrected chi connectivity index (χ3v) is 5.33. The fourth-order valence-electron chi connectivity index (χ4n) is 2.56. The first-order chi connectivity index (χ1) is 11.7. The molecule has 7 heteroatoms. The molecule has 0 spiro atoms. The number of aromatic amines is 1. The predicted molar refractivity (Wildman–Crippen MR) is 93.0 cm³/mol. The fraction of sp³-hybridized carbons (Fsp3) is 0.294. The minimum Gasteiger partial charge on any atom is -0.282 e. The molecule has 3 heterocycles. The largest absolute Gasteiger partial charge is 0.282 e. The Kier molecular flexibility index (Phi) is 4.05. The van der Waals surface area contributed by atoms with Crippen molar-refractivity contribution in [2.24, 2.45) is 0 Å². The van der Waals surface area contributed by atoms with Crippen LogP contribution in [0.4, 0.5) is 0 Å². The highest BCUT2D eigenvalue weighted by Crippen LogP contribution is 2.39. The molecule has 1 saturated carbocycles. The standard InChI is InChI=1S/C17H14ClN5S/c18-13-9-20-17(16-6-4-12(8-19)24-16)21-14(13)5-3-11-7-15(23-22-11)10-1-2-10/h4,6-7,9-10H,1-3,5H2,(H,22,23). The molecule has 1 aliphatic carbocycles. The van der Waals surface area contributed by atoms with Gasteiger partial charge >= 0.3 is 0 Å². The maximum atomic E-state index is 8.94. The second kappa shape index (κ2) is 6.34. The second-order valence-electron chi connectivity index (χ2n) is 5.86. The summed E-state index contributed by atoms with van der Waals surface area (Å²) in [6.07, 6.45) is 5.66. The molecule has 3 aromatic rings. The number of nitrogens with one attached hydrogen (secondary N) is 1. The highest BCUT2D eigenvalue weighted by atomic mass is 35.5. The van der Waals surface area contributed by atoms with Gasteiger partial charge in [-0.05, 0) is 43.9 Å². The first kappa shape index (κ1) is 15.3. The van der Waals surface area contributed by atoms with Crippen LogP contribution in [0.2, 0.25) is 5.02 Å². The van der Waals surface area contributed by atoms with Crippen LogP contribution in [0.15, 0.2) is 24.4 Å². The number of thiophene rings is 1. The third kappa shape index (κ3) is 3.18. The van der Waals surface area contributed by atoms with Gasteiger partial charge in [-0.3, -0.25) is 5.10 Å². The van der Waals surface area contributed by atoms with Gasteiger partial charge in [0.05, 0.1) is 21.3 Å². The van der Waals surface area contributed by atoms with Crippen molar-refractivity contribution in [2.45, 2.75) is 31.6 Å². The van der Waals surface area contributed by atoms with Gasteiger partial charge < -0.3 is 0 Å². The number of aryl methyl sites for hydroxylation is 2. The number of hydrogen-bond donors (Lipinski definition) is 1. The van der Waals surface area contributed by atoms with Crippen molar-refractivity contribution in [3.63, 3.8) is 0 Å². The zero-order valence-electron chi connectivity index (χ0n) is 12.8. The number of nitriles is 1. The van der Waals surface area contributed by atoms with E-state index >= 15 is 0 Å². The second-order valence-corrected chi connectivity index (χ2v) is 7.35. The van der Waals surface area contributed by atoms with Gasteiger partial charge in [0, 0.05) is 17.8 Å². The van der Waals surface area contributed by atoms with Crippen molar-refractivity contribution in [3.05, 3.63) is 51.4 Å². The molecule has 1 N–H and O–H groups in total. The summed E-state index contributed by atoms with van der Waals surface area (Å²) in [5, 5.41) is 17.0. The Morgan fingerprint density at radius 1 is 1.33 bits per heavy atom. The Morgan fingerprint density at radius 3 is 2.96 bits per heavy atom. The molecule has 0 radical (unpaired) electrons. The number of rotatable bonds is 5. The summed E-state index contributed by atoms with van der Waals surface area (Å²) in [5.41, 5.74) is 3.09. The first-order valence-corrected chi connectivity index (χ1v) is 8.98. The van der Waals surface area contributed by atoms with Crippen molar-refractivity contribution in [3.8, 4) is 16.8 Å². The molecular weight excluding hydrogens is 342 g/mol. The number of aromatic nitrogens is 4. The zero-order valence-corrected chi connectivity index (χ0v) is 14.4. The lowest BCUT2D eigenvalue weighted by atomic mass is 10.1. The van der Waals surface area contributed by atoms with Crippen LogP contribution in [0.25, 0.3) is 10.7 Å². The normalized spacial score (nSPS) is 13.8. The van der Waals surface area contributed by atoms with E-state index in [4.69, 9.17) is 16.9 Å². The summed E-state index contributed by atoms with van der Waals surface area (Å²) >= 11 is 7.63. The van der Waals surface area contributed by atoms with Crippen LogP contribution in [-0.2, 0) is 12.8 Å². The summed E-state index contributed by atoms with van der Waals surface area (Å²) in [6.45, 7) is 0. The molecule has 24 heavy (non-hydrogen) atoms. The van der Waals surface area contributed by atoms with E-state index in [0.29, 0.717) is 21.6 Å². The van der Waals surface area contributed by atoms with Crippen LogP contribution in [0, 0.1) is 11.3 Å². The minimum atomic E-state index is 0.567. The van der Waals surface area contributed by atoms with E-state index < -0.39 is 0 Å². The van der Waals surface area contributed by atoms with Gasteiger partial charge in [-0.2, -0.15) is 10.4 Å². The lowest BCUT2D eigenvalue weighted by molar-refractivity contribution is 0.857. The van der Waals surface area contributed by atoms with E-state index in [1.165, 1.54) is 29.9 Å². The molecule has 0 unspecified atom stereocenters. The molecule has 0 amide bonds. The predicted octanol–water partition coefficient (Wildman–Crippen LogP) is 4.12. The average molecular weight is 356 g/mol. The van der Waals surface area contributed by atoms with Crippen molar-refractivity contribution >= 4 is 22.9 Å². The van der Waals surface area contributed by atoms with Crippen LogP contribution in [0.3, 0.4) is 0 Å². The Hall–Kier alpha value is -2.23. The Bertz CT molecular complexity index is 919. The van der Waals surface area contributed by atoms with Gasteiger partial charge in [0.25, 0.3) is 0 Å². The molecule has 5 nitrogen and oxygen atoms in total. The smallest absolute Gasteiger partial charge is 0.169 e. The van der Waals surface area contributed by atoms with Crippen LogP contribution in [0.1, 0.15) is 40.7 Å². The number of nitrogens with zero attached hydrogens (tertiary/aromatic N) is 4. The summed E-state index contributed by atoms with van der Waals surface area (Å²) in [7, 11) is 0. The van der Waals surface area contributed by atoms with E-state index in [-0.39, 0.29) is 0 Å². The lowest BCUT2D eigenvalue weighted by Crippen LogP contribution is -1.99. The number of hydrogen-bond acceptors (Lipinski definition) is 5. The quantitative estimate of drug-likeness (QED) is 0.746. The Labute approximate surface area is 148 Å². The van der Waals surface area contributed by atoms with Gasteiger partial charge in [0.2, 0.25) is 0 Å². The summed E-state index contributed by atoms with van der Waals surface area (Å²) in [6, 6.07) is 7.92. The molecule has 1 aliphatic rings. The Balaban J connectivity index is 1.51. The molecule has 120 valence electrons. The van der Waals surface area contributed by atoms with Crippen molar-refractivity contribution < 1.29 is 0 Å². The molecule has 3 aromatic heterocycles. The SMILES string of the molecule is N#Cc1ccc(-c2ncc(Cl)c(CCc3cc(C4CC4)n[nH]3)n2)s1. The maximum absolute atomic E-state index is 8.94. The van der Waals surface area contributed by atoms with E-state index in [9.17, 15) is 0 Å². The number of halogens is 1. The Morgan fingerprint density at radius 2 is 2.21 bits per heavy atom. The van der Waals surface area contributed by atoms with Crippen LogP contribution in [-0.4, -0.2) is 20.2 Å². The van der Waals surface area contributed by atoms with Crippen molar-refractivity contribution in [2.75, 3.05) is 0 Å². The molecular formula is C17H14ClN5S. The summed E-state index contributed by atoms with van der Waals surface area (Å²) in [4.78, 5) is 10.4. The van der Waals surface area contributed by atoms with Crippen molar-refractivity contribution in [1.82, 2.24) is 20.2 Å². The maximum Gasteiger partial charge on any atom is 0.169 e. The third-order valence-electron chi connectivity index (χ3n) is 4.03. The molecule has 0 aliphatic heterocycles. The highest BCUT2D eigenvalue weighted by molar-refractivity contribution is 7.15. The topological polar surface area (TPSA) is 78.2 Å². The molecule has 4 rings (SSSR count). The monoisotopic (exact) mass is 355 g/mol. The molecule has 0 aromatic carbocycles. The van der Waals surface area contributed by atoms with E-state index in [1.54, 1.807) is 12.3 Å². The highest BCUT2D eigenvalue weighted by Gasteiger charge is 2.26. The van der Waals surface area contributed by atoms with E-state index in [2.05, 4.69) is 32.3 Å². The summed E-state index contributed by atoms with van der Waals surface area (Å²) in [5.74, 6) is 1.27. The molecule has 0 atom stereocenters. The van der Waals surface area contributed by atoms with Gasteiger partial charge in [-0.15, -0.1) is 11.3 Å². The van der Waals surface area contributed by atoms with Crippen molar-refractivity contribution in [1.29, 1.82) is 5.26 Å². The average Bonchev–Trinajstić information content (AvgIpc) is 3.15. The molecule has 0 saturated heterocycles. The summed E-state index contributed by atoms with van der Waals surface area (Å²) < 4.78 is 0. The van der Waals surface area contributed by atoms with Gasteiger partial charge in [0.1, 0.15) is 10.9 Å². The fourth-order valence-corrected chi connectivity index (χ4v) is 3.49. The lowest BCUT2D eigenvalue weighted by Gasteiger charge is -2.04. The molecule has 0 bridgehead atoms. The van der Waals surface area contributed by atoms with Gasteiger partial charge in [0.15, 0.2) is 5.82 Å². The first-order valence-electron chi connectivity index (χ1n) is 7.79. The molecule has 1 fully saturated rings. The van der Waals surface area contributed by atoms with Gasteiger partial charge in [-0.25, -0.2) is 9.97 Å². The van der Waals surface area contributed by atoms with Crippen LogP contribution < -0.4 is 0 Å².